The Morgan fingerprint density at radius 2 is 1.74 bits per heavy atom. The van der Waals surface area contributed by atoms with Crippen LogP contribution in [0.1, 0.15) is 30.4 Å². The van der Waals surface area contributed by atoms with E-state index in [2.05, 4.69) is 5.32 Å². The number of aliphatic carboxylic acids is 1. The zero-order chi connectivity index (χ0) is 23.0. The molecule has 0 saturated heterocycles. The first kappa shape index (κ1) is 23.5. The fourth-order valence-electron chi connectivity index (χ4n) is 3.02. The number of carbonyl (C=O) groups excluding carboxylic acids is 2. The zero-order valence-electron chi connectivity index (χ0n) is 16.6. The van der Waals surface area contributed by atoms with Gasteiger partial charge in [-0.15, -0.1) is 0 Å². The number of nitrogens with one attached hydrogen (secondary N) is 1. The summed E-state index contributed by atoms with van der Waals surface area (Å²) < 4.78 is 17.9. The van der Waals surface area contributed by atoms with E-state index in [1.807, 2.05) is 0 Å². The molecule has 2 N–H and O–H groups in total. The Labute approximate surface area is 177 Å². The van der Waals surface area contributed by atoms with Crippen molar-refractivity contribution in [2.75, 3.05) is 6.61 Å². The summed E-state index contributed by atoms with van der Waals surface area (Å²) >= 11 is 0. The number of hydrogen-bond acceptors (Lipinski definition) is 6. The lowest BCUT2D eigenvalue weighted by atomic mass is 9.88. The van der Waals surface area contributed by atoms with Gasteiger partial charge in [-0.1, -0.05) is 24.3 Å². The molecule has 0 aliphatic rings. The van der Waals surface area contributed by atoms with Crippen LogP contribution in [0.2, 0.25) is 0 Å². The molecule has 2 aromatic carbocycles. The number of ether oxygens (including phenoxy) is 1. The van der Waals surface area contributed by atoms with Crippen molar-refractivity contribution in [1.29, 1.82) is 0 Å². The average molecular weight is 432 g/mol. The molecule has 0 radical (unpaired) electrons. The number of amides is 1. The number of rotatable bonds is 10. The van der Waals surface area contributed by atoms with Gasteiger partial charge in [0, 0.05) is 18.1 Å². The van der Waals surface area contributed by atoms with E-state index in [4.69, 9.17) is 4.74 Å². The van der Waals surface area contributed by atoms with Gasteiger partial charge < -0.3 is 15.2 Å². The number of carboxylic acid groups (broad SMARTS) is 1. The number of non-ortho nitro benzene ring substituents is 1. The average Bonchev–Trinajstić information content (AvgIpc) is 2.72. The van der Waals surface area contributed by atoms with Gasteiger partial charge in [0.15, 0.2) is 0 Å². The van der Waals surface area contributed by atoms with Crippen LogP contribution in [0.4, 0.5) is 10.1 Å². The molecule has 1 amide bonds. The molecule has 0 heterocycles. The van der Waals surface area contributed by atoms with Gasteiger partial charge in [0.2, 0.25) is 5.91 Å². The van der Waals surface area contributed by atoms with Gasteiger partial charge in [-0.2, -0.15) is 0 Å². The predicted molar refractivity (Wildman–Crippen MR) is 107 cm³/mol. The van der Waals surface area contributed by atoms with Crippen LogP contribution in [0, 0.1) is 15.9 Å². The summed E-state index contributed by atoms with van der Waals surface area (Å²) in [6, 6.07) is 8.70. The van der Waals surface area contributed by atoms with E-state index in [1.54, 1.807) is 6.92 Å². The van der Waals surface area contributed by atoms with E-state index in [1.165, 1.54) is 48.5 Å². The molecule has 31 heavy (non-hydrogen) atoms. The van der Waals surface area contributed by atoms with Gasteiger partial charge in [-0.25, -0.2) is 9.18 Å². The maximum atomic E-state index is 13.0. The summed E-state index contributed by atoms with van der Waals surface area (Å²) in [6.45, 7) is 1.68. The summed E-state index contributed by atoms with van der Waals surface area (Å²) in [5.74, 6) is -4.21. The Morgan fingerprint density at radius 1 is 1.13 bits per heavy atom. The monoisotopic (exact) mass is 432 g/mol. The number of nitro groups is 1. The fourth-order valence-corrected chi connectivity index (χ4v) is 3.02. The number of carboxylic acids is 1. The number of hydrogen-bond donors (Lipinski definition) is 2. The SMILES string of the molecule is CCOC(=O)C[C@H](c1ccc([N+](=O)[O-])cc1)[C@@H](NC(=O)Cc1ccc(F)cc1)C(=O)O. The quantitative estimate of drug-likeness (QED) is 0.335. The smallest absolute Gasteiger partial charge is 0.326 e. The number of esters is 1. The van der Waals surface area contributed by atoms with Crippen LogP contribution in [-0.2, 0) is 25.5 Å². The van der Waals surface area contributed by atoms with Crippen molar-refractivity contribution in [3.05, 3.63) is 75.6 Å². The van der Waals surface area contributed by atoms with Crippen LogP contribution in [-0.4, -0.2) is 40.5 Å². The topological polar surface area (TPSA) is 136 Å². The molecule has 0 spiro atoms. The number of halogens is 1. The lowest BCUT2D eigenvalue weighted by molar-refractivity contribution is -0.384. The molecule has 0 fully saturated rings. The molecule has 2 atom stereocenters. The van der Waals surface area contributed by atoms with Crippen LogP contribution in [0.5, 0.6) is 0 Å². The van der Waals surface area contributed by atoms with Crippen LogP contribution >= 0.6 is 0 Å². The standard InChI is InChI=1S/C21H21FN2O7/c1-2-31-19(26)12-17(14-5-9-16(10-6-14)24(29)30)20(21(27)28)23-18(25)11-13-3-7-15(22)8-4-13/h3-10,17,20H,2,11-12H2,1H3,(H,23,25)(H,27,28)/t17-,20-/m1/s1. The van der Waals surface area contributed by atoms with E-state index in [0.717, 1.165) is 0 Å². The van der Waals surface area contributed by atoms with Crippen molar-refractivity contribution in [1.82, 2.24) is 5.32 Å². The Morgan fingerprint density at radius 3 is 2.26 bits per heavy atom. The van der Waals surface area contributed by atoms with Gasteiger partial charge in [0.25, 0.3) is 5.69 Å². The molecule has 0 aliphatic carbocycles. The summed E-state index contributed by atoms with van der Waals surface area (Å²) in [6.07, 6.45) is -0.560. The van der Waals surface area contributed by atoms with E-state index >= 15 is 0 Å². The van der Waals surface area contributed by atoms with E-state index in [-0.39, 0.29) is 25.1 Å². The summed E-state index contributed by atoms with van der Waals surface area (Å²) in [7, 11) is 0. The minimum Gasteiger partial charge on any atom is -0.480 e. The Kier molecular flexibility index (Phi) is 8.18. The summed E-state index contributed by atoms with van der Waals surface area (Å²) in [5.41, 5.74) is 0.583. The van der Waals surface area contributed by atoms with Crippen LogP contribution < -0.4 is 5.32 Å². The first-order valence-corrected chi connectivity index (χ1v) is 9.37. The highest BCUT2D eigenvalue weighted by molar-refractivity contribution is 5.86. The molecular weight excluding hydrogens is 411 g/mol. The molecule has 0 unspecified atom stereocenters. The van der Waals surface area contributed by atoms with Crippen molar-refractivity contribution < 1.29 is 33.5 Å². The van der Waals surface area contributed by atoms with E-state index in [0.29, 0.717) is 11.1 Å². The van der Waals surface area contributed by atoms with Crippen molar-refractivity contribution in [2.45, 2.75) is 31.7 Å². The van der Waals surface area contributed by atoms with Gasteiger partial charge >= 0.3 is 11.9 Å². The fraction of sp³-hybridized carbons (Fsp3) is 0.286. The van der Waals surface area contributed by atoms with Crippen molar-refractivity contribution in [2.24, 2.45) is 0 Å². The van der Waals surface area contributed by atoms with Crippen LogP contribution in [0.3, 0.4) is 0 Å². The molecule has 164 valence electrons. The maximum absolute atomic E-state index is 13.0. The minimum atomic E-state index is -1.50. The molecule has 2 aromatic rings. The Balaban J connectivity index is 2.28. The summed E-state index contributed by atoms with van der Waals surface area (Å²) in [4.78, 5) is 46.7. The third kappa shape index (κ3) is 6.88. The number of carbonyl (C=O) groups is 3. The third-order valence-electron chi connectivity index (χ3n) is 4.49. The van der Waals surface area contributed by atoms with Gasteiger partial charge in [-0.05, 0) is 30.2 Å². The first-order chi connectivity index (χ1) is 14.7. The molecule has 10 heteroatoms. The summed E-state index contributed by atoms with van der Waals surface area (Å²) in [5, 5.41) is 23.0. The van der Waals surface area contributed by atoms with E-state index < -0.39 is 40.5 Å². The highest BCUT2D eigenvalue weighted by Gasteiger charge is 2.33. The lowest BCUT2D eigenvalue weighted by Crippen LogP contribution is -2.46. The molecule has 0 bridgehead atoms. The van der Waals surface area contributed by atoms with Gasteiger partial charge in [-0.3, -0.25) is 19.7 Å². The molecule has 0 aliphatic heterocycles. The van der Waals surface area contributed by atoms with Crippen LogP contribution in [0.15, 0.2) is 48.5 Å². The molecule has 0 aromatic heterocycles. The second-order valence-corrected chi connectivity index (χ2v) is 6.65. The number of nitrogens with zero attached hydrogens (tertiary/aromatic N) is 1. The number of benzene rings is 2. The minimum absolute atomic E-state index is 0.0838. The number of nitro benzene ring substituents is 1. The maximum Gasteiger partial charge on any atom is 0.326 e. The molecular formula is C21H21FN2O7. The van der Waals surface area contributed by atoms with E-state index in [9.17, 15) is 34.0 Å². The lowest BCUT2D eigenvalue weighted by Gasteiger charge is -2.25. The molecule has 9 nitrogen and oxygen atoms in total. The third-order valence-corrected chi connectivity index (χ3v) is 4.49. The van der Waals surface area contributed by atoms with Crippen molar-refractivity contribution in [3.63, 3.8) is 0 Å². The predicted octanol–water partition coefficient (Wildman–Crippen LogP) is 2.58. The normalized spacial score (nSPS) is 12.5. The highest BCUT2D eigenvalue weighted by Crippen LogP contribution is 2.27. The van der Waals surface area contributed by atoms with Crippen molar-refractivity contribution >= 4 is 23.5 Å². The Hall–Kier alpha value is -3.82. The Bertz CT molecular complexity index is 945. The van der Waals surface area contributed by atoms with Crippen molar-refractivity contribution in [3.8, 4) is 0 Å². The van der Waals surface area contributed by atoms with Crippen LogP contribution in [0.25, 0.3) is 0 Å². The van der Waals surface area contributed by atoms with Gasteiger partial charge in [0.1, 0.15) is 11.9 Å². The highest BCUT2D eigenvalue weighted by atomic mass is 19.1. The largest absolute Gasteiger partial charge is 0.480 e. The first-order valence-electron chi connectivity index (χ1n) is 9.37. The molecule has 2 rings (SSSR count). The second-order valence-electron chi connectivity index (χ2n) is 6.65. The molecule has 0 saturated carbocycles. The second kappa shape index (κ2) is 10.8. The zero-order valence-corrected chi connectivity index (χ0v) is 16.6. The van der Waals surface area contributed by atoms with Gasteiger partial charge in [0.05, 0.1) is 24.4 Å².